The molecule has 0 aromatic heterocycles. The molecule has 0 radical (unpaired) electrons. The van der Waals surface area contributed by atoms with Gasteiger partial charge in [0.2, 0.25) is 0 Å². The van der Waals surface area contributed by atoms with Gasteiger partial charge in [0.25, 0.3) is 34.7 Å². The van der Waals surface area contributed by atoms with Crippen LogP contribution in [0.1, 0.15) is 33.4 Å². The van der Waals surface area contributed by atoms with Gasteiger partial charge in [0.15, 0.2) is 0 Å². The Labute approximate surface area is 210 Å². The Morgan fingerprint density at radius 1 is 0.222 bits per heavy atom. The number of rotatable bonds is 12. The average Bonchev–Trinajstić information content (AvgIpc) is 2.90. The SMILES string of the molecule is COC1(OC)c2c3c(c4c(c2C1(OC)OC)C(OC)(OC)C4(OC)OC)C(OC)(OC)C3(OC)OC. The fourth-order valence-corrected chi connectivity index (χ4v) is 6.86. The van der Waals surface area contributed by atoms with E-state index in [2.05, 4.69) is 0 Å². The predicted octanol–water partition coefficient (Wildman–Crippen LogP) is 1.40. The average molecular weight is 517 g/mol. The molecule has 1 aromatic carbocycles. The van der Waals surface area contributed by atoms with Crippen LogP contribution in [-0.4, -0.2) is 85.3 Å². The van der Waals surface area contributed by atoms with E-state index in [0.717, 1.165) is 0 Å². The van der Waals surface area contributed by atoms with Crippen LogP contribution in [0.3, 0.4) is 0 Å². The summed E-state index contributed by atoms with van der Waals surface area (Å²) in [6.45, 7) is 0. The first kappa shape index (κ1) is 27.8. The smallest absolute Gasteiger partial charge is 0.256 e. The lowest BCUT2D eigenvalue weighted by molar-refractivity contribution is -0.464. The Morgan fingerprint density at radius 3 is 0.361 bits per heavy atom. The molecule has 0 saturated heterocycles. The second-order valence-electron chi connectivity index (χ2n) is 8.40. The summed E-state index contributed by atoms with van der Waals surface area (Å²) in [5.74, 6) is -9.29. The van der Waals surface area contributed by atoms with Crippen molar-refractivity contribution in [2.24, 2.45) is 0 Å². The number of ether oxygens (including phenoxy) is 12. The van der Waals surface area contributed by atoms with E-state index in [1.165, 1.54) is 85.3 Å². The van der Waals surface area contributed by atoms with Gasteiger partial charge in [-0.2, -0.15) is 0 Å². The van der Waals surface area contributed by atoms with Crippen molar-refractivity contribution in [3.8, 4) is 0 Å². The van der Waals surface area contributed by atoms with E-state index in [0.29, 0.717) is 33.4 Å². The maximum absolute atomic E-state index is 5.98. The molecule has 4 rings (SSSR count). The van der Waals surface area contributed by atoms with Crippen LogP contribution in [0.4, 0.5) is 0 Å². The van der Waals surface area contributed by atoms with Gasteiger partial charge in [-0.3, -0.25) is 0 Å². The summed E-state index contributed by atoms with van der Waals surface area (Å²) in [6.07, 6.45) is 0. The van der Waals surface area contributed by atoms with Crippen molar-refractivity contribution in [1.29, 1.82) is 0 Å². The maximum atomic E-state index is 5.98. The molecule has 36 heavy (non-hydrogen) atoms. The van der Waals surface area contributed by atoms with Gasteiger partial charge in [-0.25, -0.2) is 0 Å². The molecular formula is C24H36O12. The van der Waals surface area contributed by atoms with Crippen LogP contribution in [0.25, 0.3) is 0 Å². The molecule has 204 valence electrons. The Morgan fingerprint density at radius 2 is 0.306 bits per heavy atom. The normalized spacial score (nSPS) is 24.0. The van der Waals surface area contributed by atoms with Gasteiger partial charge in [-0.1, -0.05) is 0 Å². The summed E-state index contributed by atoms with van der Waals surface area (Å²) < 4.78 is 71.8. The first-order chi connectivity index (χ1) is 17.2. The van der Waals surface area contributed by atoms with E-state index < -0.39 is 34.7 Å². The minimum absolute atomic E-state index is 0.526. The van der Waals surface area contributed by atoms with Gasteiger partial charge in [0.05, 0.1) is 0 Å². The largest absolute Gasteiger partial charge is 0.345 e. The van der Waals surface area contributed by atoms with Crippen molar-refractivity contribution >= 4 is 0 Å². The third kappa shape index (κ3) is 2.23. The predicted molar refractivity (Wildman–Crippen MR) is 121 cm³/mol. The summed E-state index contributed by atoms with van der Waals surface area (Å²) in [5.41, 5.74) is 3.15. The molecule has 0 atom stereocenters. The fourth-order valence-electron chi connectivity index (χ4n) is 6.86. The summed E-state index contributed by atoms with van der Waals surface area (Å²) in [7, 11) is 17.8. The molecule has 0 aliphatic heterocycles. The second kappa shape index (κ2) is 8.63. The van der Waals surface area contributed by atoms with E-state index in [1.807, 2.05) is 0 Å². The first-order valence-corrected chi connectivity index (χ1v) is 11.1. The third-order valence-corrected chi connectivity index (χ3v) is 8.22. The molecule has 0 amide bonds. The summed E-state index contributed by atoms with van der Waals surface area (Å²) in [5, 5.41) is 0. The van der Waals surface area contributed by atoms with E-state index in [1.54, 1.807) is 0 Å². The van der Waals surface area contributed by atoms with Crippen molar-refractivity contribution in [2.75, 3.05) is 85.3 Å². The van der Waals surface area contributed by atoms with Crippen molar-refractivity contribution in [1.82, 2.24) is 0 Å². The van der Waals surface area contributed by atoms with E-state index in [4.69, 9.17) is 56.8 Å². The van der Waals surface area contributed by atoms with Crippen molar-refractivity contribution in [3.05, 3.63) is 33.4 Å². The molecule has 0 spiro atoms. The summed E-state index contributed by atoms with van der Waals surface area (Å²) >= 11 is 0. The van der Waals surface area contributed by atoms with Crippen LogP contribution < -0.4 is 0 Å². The highest BCUT2D eigenvalue weighted by Crippen LogP contribution is 2.76. The molecular weight excluding hydrogens is 480 g/mol. The monoisotopic (exact) mass is 516 g/mol. The molecule has 12 nitrogen and oxygen atoms in total. The van der Waals surface area contributed by atoms with Crippen molar-refractivity contribution in [3.63, 3.8) is 0 Å². The molecule has 3 aliphatic carbocycles. The number of hydrogen-bond donors (Lipinski definition) is 0. The standard InChI is InChI=1S/C24H36O12/c1-25-19(26-2)13-14(20(19,27-3)28-4)16-18(24(35-11,36-12)22(16,31-7)32-8)17-15(13)21(29-5,30-6)23(17,33-9)34-10/h1-12H3. The molecule has 1 aromatic rings. The highest BCUT2D eigenvalue weighted by atomic mass is 16.8. The van der Waals surface area contributed by atoms with Crippen LogP contribution in [0.15, 0.2) is 0 Å². The Bertz CT molecular complexity index is 783. The quantitative estimate of drug-likeness (QED) is 0.375. The Balaban J connectivity index is 2.33. The highest BCUT2D eigenvalue weighted by Gasteiger charge is 2.85. The molecule has 0 bridgehead atoms. The molecule has 0 heterocycles. The van der Waals surface area contributed by atoms with Gasteiger partial charge in [-0.05, 0) is 0 Å². The molecule has 0 unspecified atom stereocenters. The maximum Gasteiger partial charge on any atom is 0.256 e. The van der Waals surface area contributed by atoms with Gasteiger partial charge < -0.3 is 56.8 Å². The molecule has 0 N–H and O–H groups in total. The minimum atomic E-state index is -1.55. The van der Waals surface area contributed by atoms with Gasteiger partial charge in [0.1, 0.15) is 0 Å². The third-order valence-electron chi connectivity index (χ3n) is 8.22. The molecule has 0 fully saturated rings. The van der Waals surface area contributed by atoms with E-state index in [9.17, 15) is 0 Å². The lowest BCUT2D eigenvalue weighted by Gasteiger charge is -2.68. The number of hydrogen-bond acceptors (Lipinski definition) is 12. The summed E-state index contributed by atoms with van der Waals surface area (Å²) in [4.78, 5) is 0. The zero-order valence-electron chi connectivity index (χ0n) is 22.9. The lowest BCUT2D eigenvalue weighted by Crippen LogP contribution is -2.76. The molecule has 12 heteroatoms. The minimum Gasteiger partial charge on any atom is -0.345 e. The Hall–Kier alpha value is -1.26. The molecule has 3 aliphatic rings. The van der Waals surface area contributed by atoms with Gasteiger partial charge in [-0.15, -0.1) is 0 Å². The van der Waals surface area contributed by atoms with Crippen LogP contribution in [0, 0.1) is 0 Å². The van der Waals surface area contributed by atoms with Gasteiger partial charge in [0, 0.05) is 119 Å². The van der Waals surface area contributed by atoms with E-state index >= 15 is 0 Å². The van der Waals surface area contributed by atoms with Crippen LogP contribution in [-0.2, 0) is 91.6 Å². The van der Waals surface area contributed by atoms with Gasteiger partial charge >= 0.3 is 0 Å². The molecule has 0 saturated carbocycles. The van der Waals surface area contributed by atoms with Crippen LogP contribution in [0.5, 0.6) is 0 Å². The second-order valence-corrected chi connectivity index (χ2v) is 8.40. The van der Waals surface area contributed by atoms with Crippen LogP contribution in [0.2, 0.25) is 0 Å². The Kier molecular flexibility index (Phi) is 6.66. The number of fused-ring (bicyclic) bond motifs is 6. The first-order valence-electron chi connectivity index (χ1n) is 11.1. The number of benzene rings is 1. The van der Waals surface area contributed by atoms with Crippen LogP contribution >= 0.6 is 0 Å². The fraction of sp³-hybridized carbons (Fsp3) is 0.750. The van der Waals surface area contributed by atoms with Crippen molar-refractivity contribution < 1.29 is 56.8 Å². The zero-order chi connectivity index (χ0) is 26.9. The number of methoxy groups -OCH3 is 12. The zero-order valence-corrected chi connectivity index (χ0v) is 22.9. The summed E-state index contributed by atoms with van der Waals surface area (Å²) in [6, 6.07) is 0. The highest BCUT2D eigenvalue weighted by molar-refractivity contribution is 5.75. The van der Waals surface area contributed by atoms with Crippen molar-refractivity contribution in [2.45, 2.75) is 34.7 Å². The lowest BCUT2D eigenvalue weighted by atomic mass is 9.52. The van der Waals surface area contributed by atoms with E-state index in [-0.39, 0.29) is 0 Å². The topological polar surface area (TPSA) is 111 Å².